The zero-order chi connectivity index (χ0) is 13.6. The smallest absolute Gasteiger partial charge is 0.326 e. The Morgan fingerprint density at radius 3 is 2.56 bits per heavy atom. The van der Waals surface area contributed by atoms with E-state index in [0.29, 0.717) is 17.4 Å². The molecule has 1 rings (SSSR count). The number of halogens is 1. The minimum Gasteiger partial charge on any atom is -0.465 e. The number of ether oxygens (including phenoxy) is 1. The Morgan fingerprint density at radius 2 is 2.06 bits per heavy atom. The van der Waals surface area contributed by atoms with E-state index in [-0.39, 0.29) is 5.97 Å². The zero-order valence-corrected chi connectivity index (χ0v) is 12.4. The summed E-state index contributed by atoms with van der Waals surface area (Å²) in [4.78, 5) is 12.9. The Balaban J connectivity index is 2.63. The molecule has 0 aliphatic heterocycles. The molecular formula is C13H18ClNO2S. The maximum atomic E-state index is 11.9. The zero-order valence-electron chi connectivity index (χ0n) is 10.8. The quantitative estimate of drug-likeness (QED) is 0.645. The number of likely N-dealkylation sites (N-methyl/N-ethyl adjacent to an activating group) is 1. The van der Waals surface area contributed by atoms with Crippen LogP contribution >= 0.6 is 23.4 Å². The van der Waals surface area contributed by atoms with Gasteiger partial charge in [0.15, 0.2) is 0 Å². The normalized spacial score (nSPS) is 14.0. The van der Waals surface area contributed by atoms with Crippen molar-refractivity contribution in [2.45, 2.75) is 24.3 Å². The molecule has 1 N–H and O–H groups in total. The molecule has 1 aromatic carbocycles. The van der Waals surface area contributed by atoms with Gasteiger partial charge < -0.3 is 10.1 Å². The molecule has 0 aliphatic carbocycles. The summed E-state index contributed by atoms with van der Waals surface area (Å²) in [6.07, 6.45) is 0. The first-order valence-corrected chi connectivity index (χ1v) is 7.12. The van der Waals surface area contributed by atoms with Gasteiger partial charge in [0.25, 0.3) is 0 Å². The van der Waals surface area contributed by atoms with Crippen LogP contribution in [-0.2, 0) is 9.53 Å². The van der Waals surface area contributed by atoms with Gasteiger partial charge >= 0.3 is 5.97 Å². The van der Waals surface area contributed by atoms with Gasteiger partial charge in [-0.25, -0.2) is 0 Å². The van der Waals surface area contributed by atoms with Gasteiger partial charge in [-0.05, 0) is 45.2 Å². The highest BCUT2D eigenvalue weighted by Gasteiger charge is 2.32. The Bertz CT molecular complexity index is 396. The third-order valence-corrected chi connectivity index (χ3v) is 4.20. The molecule has 0 aliphatic rings. The van der Waals surface area contributed by atoms with Gasteiger partial charge in [-0.1, -0.05) is 11.6 Å². The van der Waals surface area contributed by atoms with Crippen LogP contribution in [0, 0.1) is 0 Å². The van der Waals surface area contributed by atoms with E-state index in [1.807, 2.05) is 31.2 Å². The lowest BCUT2D eigenvalue weighted by Crippen LogP contribution is -2.50. The van der Waals surface area contributed by atoms with E-state index in [9.17, 15) is 4.79 Å². The van der Waals surface area contributed by atoms with Gasteiger partial charge in [0.1, 0.15) is 5.54 Å². The lowest BCUT2D eigenvalue weighted by Gasteiger charge is -2.26. The second-order valence-electron chi connectivity index (χ2n) is 4.05. The largest absolute Gasteiger partial charge is 0.465 e. The van der Waals surface area contributed by atoms with Gasteiger partial charge in [-0.3, -0.25) is 4.79 Å². The van der Waals surface area contributed by atoms with E-state index in [1.165, 1.54) is 0 Å². The molecule has 0 bridgehead atoms. The lowest BCUT2D eigenvalue weighted by atomic mass is 10.1. The molecule has 100 valence electrons. The standard InChI is InChI=1S/C13H18ClNO2S/c1-4-17-12(16)13(2,15-3)9-18-11-7-5-10(14)6-8-11/h5-8,15H,4,9H2,1-3H3. The first kappa shape index (κ1) is 15.3. The molecule has 0 saturated heterocycles. The first-order chi connectivity index (χ1) is 8.51. The molecule has 1 aromatic rings. The van der Waals surface area contributed by atoms with Gasteiger partial charge in [0.2, 0.25) is 0 Å². The number of carbonyl (C=O) groups is 1. The fraction of sp³-hybridized carbons (Fsp3) is 0.462. The number of thioether (sulfide) groups is 1. The molecule has 0 aromatic heterocycles. The molecule has 3 nitrogen and oxygen atoms in total. The van der Waals surface area contributed by atoms with Crippen LogP contribution in [0.15, 0.2) is 29.2 Å². The number of esters is 1. The second-order valence-corrected chi connectivity index (χ2v) is 5.53. The van der Waals surface area contributed by atoms with Crippen molar-refractivity contribution in [2.24, 2.45) is 0 Å². The molecule has 0 fully saturated rings. The molecule has 0 saturated carbocycles. The van der Waals surface area contributed by atoms with Crippen LogP contribution < -0.4 is 5.32 Å². The number of rotatable bonds is 6. The number of nitrogens with one attached hydrogen (secondary N) is 1. The second kappa shape index (κ2) is 7.02. The molecule has 0 spiro atoms. The van der Waals surface area contributed by atoms with Crippen molar-refractivity contribution in [3.05, 3.63) is 29.3 Å². The van der Waals surface area contributed by atoms with E-state index in [0.717, 1.165) is 4.90 Å². The van der Waals surface area contributed by atoms with Crippen LogP contribution in [-0.4, -0.2) is 30.9 Å². The summed E-state index contributed by atoms with van der Waals surface area (Å²) in [7, 11) is 1.76. The van der Waals surface area contributed by atoms with Crippen molar-refractivity contribution in [2.75, 3.05) is 19.4 Å². The molecule has 0 amide bonds. The average Bonchev–Trinajstić information content (AvgIpc) is 2.38. The van der Waals surface area contributed by atoms with Crippen molar-refractivity contribution in [3.8, 4) is 0 Å². The molecule has 0 heterocycles. The predicted octanol–water partition coefficient (Wildman–Crippen LogP) is 2.97. The summed E-state index contributed by atoms with van der Waals surface area (Å²) in [6, 6.07) is 7.55. The summed E-state index contributed by atoms with van der Waals surface area (Å²) >= 11 is 7.42. The van der Waals surface area contributed by atoms with E-state index < -0.39 is 5.54 Å². The average molecular weight is 288 g/mol. The van der Waals surface area contributed by atoms with Crippen molar-refractivity contribution in [3.63, 3.8) is 0 Å². The summed E-state index contributed by atoms with van der Waals surface area (Å²) in [5.74, 6) is 0.373. The lowest BCUT2D eigenvalue weighted by molar-refractivity contribution is -0.149. The minimum absolute atomic E-state index is 0.228. The summed E-state index contributed by atoms with van der Waals surface area (Å²) < 4.78 is 5.07. The highest BCUT2D eigenvalue weighted by Crippen LogP contribution is 2.24. The Kier molecular flexibility index (Phi) is 5.99. The van der Waals surface area contributed by atoms with Crippen molar-refractivity contribution < 1.29 is 9.53 Å². The highest BCUT2D eigenvalue weighted by molar-refractivity contribution is 7.99. The van der Waals surface area contributed by atoms with Crippen molar-refractivity contribution in [1.29, 1.82) is 0 Å². The van der Waals surface area contributed by atoms with E-state index in [1.54, 1.807) is 25.7 Å². The number of carbonyl (C=O) groups excluding carboxylic acids is 1. The number of hydrogen-bond acceptors (Lipinski definition) is 4. The minimum atomic E-state index is -0.680. The van der Waals surface area contributed by atoms with E-state index in [4.69, 9.17) is 16.3 Å². The Morgan fingerprint density at radius 1 is 1.44 bits per heavy atom. The van der Waals surface area contributed by atoms with Crippen LogP contribution in [0.25, 0.3) is 0 Å². The Labute approximate surface area is 117 Å². The van der Waals surface area contributed by atoms with Gasteiger partial charge in [-0.2, -0.15) is 0 Å². The molecule has 18 heavy (non-hydrogen) atoms. The fourth-order valence-corrected chi connectivity index (χ4v) is 2.45. The first-order valence-electron chi connectivity index (χ1n) is 5.76. The highest BCUT2D eigenvalue weighted by atomic mass is 35.5. The van der Waals surface area contributed by atoms with Gasteiger partial charge in [0, 0.05) is 15.7 Å². The summed E-state index contributed by atoms with van der Waals surface area (Å²) in [6.45, 7) is 4.04. The number of benzene rings is 1. The van der Waals surface area contributed by atoms with Crippen LogP contribution in [0.4, 0.5) is 0 Å². The molecule has 1 atom stereocenters. The maximum absolute atomic E-state index is 11.9. The van der Waals surface area contributed by atoms with Crippen LogP contribution in [0.1, 0.15) is 13.8 Å². The van der Waals surface area contributed by atoms with Crippen molar-refractivity contribution in [1.82, 2.24) is 5.32 Å². The third-order valence-electron chi connectivity index (χ3n) is 2.62. The van der Waals surface area contributed by atoms with Gasteiger partial charge in [-0.15, -0.1) is 11.8 Å². The molecular weight excluding hydrogens is 270 g/mol. The number of hydrogen-bond donors (Lipinski definition) is 1. The maximum Gasteiger partial charge on any atom is 0.326 e. The summed E-state index contributed by atoms with van der Waals surface area (Å²) in [5, 5.41) is 3.73. The third kappa shape index (κ3) is 4.19. The fourth-order valence-electron chi connectivity index (χ4n) is 1.28. The SMILES string of the molecule is CCOC(=O)C(C)(CSc1ccc(Cl)cc1)NC. The summed E-state index contributed by atoms with van der Waals surface area (Å²) in [5.41, 5.74) is -0.680. The molecule has 5 heteroatoms. The molecule has 0 radical (unpaired) electrons. The predicted molar refractivity (Wildman–Crippen MR) is 76.3 cm³/mol. The van der Waals surface area contributed by atoms with Crippen molar-refractivity contribution >= 4 is 29.3 Å². The molecule has 1 unspecified atom stereocenters. The monoisotopic (exact) mass is 287 g/mol. The van der Waals surface area contributed by atoms with Crippen LogP contribution in [0.3, 0.4) is 0 Å². The van der Waals surface area contributed by atoms with E-state index in [2.05, 4.69) is 5.32 Å². The van der Waals surface area contributed by atoms with E-state index >= 15 is 0 Å². The van der Waals surface area contributed by atoms with Gasteiger partial charge in [0.05, 0.1) is 6.61 Å². The Hall–Kier alpha value is -0.710. The van der Waals surface area contributed by atoms with Crippen LogP contribution in [0.2, 0.25) is 5.02 Å². The topological polar surface area (TPSA) is 38.3 Å². The van der Waals surface area contributed by atoms with Crippen LogP contribution in [0.5, 0.6) is 0 Å².